The Morgan fingerprint density at radius 1 is 1.27 bits per heavy atom. The maximum absolute atomic E-state index is 3.00. The third kappa shape index (κ3) is 4.02. The van der Waals surface area contributed by atoms with Gasteiger partial charge in [0, 0.05) is 0 Å². The Bertz CT molecular complexity index is 120. The van der Waals surface area contributed by atoms with Gasteiger partial charge in [0.25, 0.3) is 0 Å². The molecular formula is C11H20. The van der Waals surface area contributed by atoms with Crippen molar-refractivity contribution in [2.45, 2.75) is 39.5 Å². The van der Waals surface area contributed by atoms with E-state index < -0.39 is 0 Å². The second-order valence-electron chi connectivity index (χ2n) is 3.18. The lowest BCUT2D eigenvalue weighted by molar-refractivity contribution is 0.620. The van der Waals surface area contributed by atoms with E-state index in [1.54, 1.807) is 5.57 Å². The highest BCUT2D eigenvalue weighted by Crippen LogP contribution is 2.23. The van der Waals surface area contributed by atoms with Crippen LogP contribution in [0.4, 0.5) is 0 Å². The molecule has 0 aromatic heterocycles. The van der Waals surface area contributed by atoms with E-state index in [9.17, 15) is 0 Å². The van der Waals surface area contributed by atoms with Crippen molar-refractivity contribution in [2.24, 2.45) is 5.92 Å². The van der Waals surface area contributed by atoms with Crippen molar-refractivity contribution >= 4 is 0 Å². The van der Waals surface area contributed by atoms with E-state index in [2.05, 4.69) is 33.1 Å². The summed E-state index contributed by atoms with van der Waals surface area (Å²) in [6.45, 7) is 10.6. The zero-order valence-electron chi connectivity index (χ0n) is 7.90. The van der Waals surface area contributed by atoms with Gasteiger partial charge in [0.05, 0.1) is 0 Å². The highest BCUT2D eigenvalue weighted by atomic mass is 14.1. The molecule has 0 saturated carbocycles. The first-order valence-corrected chi connectivity index (χ1v) is 4.49. The molecule has 0 spiro atoms. The van der Waals surface area contributed by atoms with Crippen molar-refractivity contribution in [2.75, 3.05) is 0 Å². The first-order chi connectivity index (χ1) is 5.30. The molecule has 0 nitrogen and oxygen atoms in total. The molecule has 0 saturated heterocycles. The first-order valence-electron chi connectivity index (χ1n) is 4.49. The summed E-state index contributed by atoms with van der Waals surface area (Å²) in [6.07, 6.45) is 7.94. The van der Waals surface area contributed by atoms with Gasteiger partial charge >= 0.3 is 0 Å². The number of rotatable bonds is 1. The van der Waals surface area contributed by atoms with Gasteiger partial charge in [0.2, 0.25) is 0 Å². The maximum atomic E-state index is 3.00. The van der Waals surface area contributed by atoms with E-state index >= 15 is 0 Å². The van der Waals surface area contributed by atoms with E-state index in [1.165, 1.54) is 25.7 Å². The monoisotopic (exact) mass is 152 g/mol. The molecule has 1 aliphatic carbocycles. The fourth-order valence-electron chi connectivity index (χ4n) is 1.39. The number of hydrogen-bond acceptors (Lipinski definition) is 0. The van der Waals surface area contributed by atoms with Crippen LogP contribution >= 0.6 is 0 Å². The van der Waals surface area contributed by atoms with Crippen LogP contribution in [0.2, 0.25) is 0 Å². The van der Waals surface area contributed by atoms with Crippen LogP contribution in [-0.4, -0.2) is 0 Å². The van der Waals surface area contributed by atoms with Crippen molar-refractivity contribution in [3.63, 3.8) is 0 Å². The Kier molecular flexibility index (Phi) is 5.91. The molecule has 0 amide bonds. The van der Waals surface area contributed by atoms with Crippen LogP contribution in [0.1, 0.15) is 39.5 Å². The summed E-state index contributed by atoms with van der Waals surface area (Å²) in [6, 6.07) is 0. The highest BCUT2D eigenvalue weighted by molar-refractivity contribution is 5.06. The molecule has 0 aliphatic heterocycles. The Balaban J connectivity index is 0.000000461. The Morgan fingerprint density at radius 2 is 1.91 bits per heavy atom. The minimum atomic E-state index is 0.797. The van der Waals surface area contributed by atoms with Gasteiger partial charge < -0.3 is 0 Å². The fourth-order valence-corrected chi connectivity index (χ4v) is 1.39. The lowest BCUT2D eigenvalue weighted by Gasteiger charge is -2.15. The van der Waals surface area contributed by atoms with Crippen molar-refractivity contribution < 1.29 is 0 Å². The van der Waals surface area contributed by atoms with Crippen LogP contribution in [0.3, 0.4) is 0 Å². The highest BCUT2D eigenvalue weighted by Gasteiger charge is 2.05. The minimum Gasteiger partial charge on any atom is -0.106 e. The largest absolute Gasteiger partial charge is 0.106 e. The molecule has 1 aliphatic rings. The Hall–Kier alpha value is -0.520. The molecule has 0 N–H and O–H groups in total. The second kappa shape index (κ2) is 6.21. The Morgan fingerprint density at radius 3 is 2.18 bits per heavy atom. The van der Waals surface area contributed by atoms with Crippen molar-refractivity contribution in [3.05, 3.63) is 24.8 Å². The fraction of sp³-hybridized carbons (Fsp3) is 0.636. The lowest BCUT2D eigenvalue weighted by Crippen LogP contribution is -1.98. The minimum absolute atomic E-state index is 0.797. The van der Waals surface area contributed by atoms with Crippen LogP contribution in [0.25, 0.3) is 0 Å². The molecule has 0 aromatic rings. The zero-order chi connectivity index (χ0) is 8.69. The van der Waals surface area contributed by atoms with E-state index in [0.717, 1.165) is 5.92 Å². The third-order valence-corrected chi connectivity index (χ3v) is 2.07. The summed E-state index contributed by atoms with van der Waals surface area (Å²) in [5.41, 5.74) is 1.68. The predicted molar refractivity (Wildman–Crippen MR) is 52.6 cm³/mol. The predicted octanol–water partition coefficient (Wildman–Crippen LogP) is 3.95. The average molecular weight is 152 g/mol. The normalized spacial score (nSPS) is 16.8. The summed E-state index contributed by atoms with van der Waals surface area (Å²) in [5, 5.41) is 0. The molecule has 0 fully saturated rings. The third-order valence-electron chi connectivity index (χ3n) is 2.07. The zero-order valence-corrected chi connectivity index (χ0v) is 7.90. The molecule has 0 atom stereocenters. The second-order valence-corrected chi connectivity index (χ2v) is 3.18. The molecule has 11 heavy (non-hydrogen) atoms. The van der Waals surface area contributed by atoms with E-state index in [-0.39, 0.29) is 0 Å². The van der Waals surface area contributed by atoms with Crippen LogP contribution < -0.4 is 0 Å². The number of allylic oxidation sites excluding steroid dienone is 2. The average Bonchev–Trinajstić information content (AvgIpc) is 2.10. The molecule has 0 unspecified atom stereocenters. The van der Waals surface area contributed by atoms with Gasteiger partial charge in [-0.1, -0.05) is 25.5 Å². The number of hydrogen-bond donors (Lipinski definition) is 0. The van der Waals surface area contributed by atoms with Crippen molar-refractivity contribution in [1.29, 1.82) is 0 Å². The smallest absolute Gasteiger partial charge is 0.0260 e. The molecule has 0 heterocycles. The van der Waals surface area contributed by atoms with E-state index in [0.29, 0.717) is 0 Å². The first kappa shape index (κ1) is 10.5. The SMILES string of the molecule is C=C.CC(C)C1=CCCCC1. The van der Waals surface area contributed by atoms with Gasteiger partial charge in [-0.15, -0.1) is 13.2 Å². The molecule has 1 rings (SSSR count). The lowest BCUT2D eigenvalue weighted by atomic mass is 9.92. The molecule has 0 heteroatoms. The molecule has 0 radical (unpaired) electrons. The van der Waals surface area contributed by atoms with Gasteiger partial charge in [0.1, 0.15) is 0 Å². The Labute approximate surface area is 71.0 Å². The van der Waals surface area contributed by atoms with Crippen molar-refractivity contribution in [1.82, 2.24) is 0 Å². The van der Waals surface area contributed by atoms with Crippen LogP contribution in [0.15, 0.2) is 24.8 Å². The van der Waals surface area contributed by atoms with Gasteiger partial charge in [-0.25, -0.2) is 0 Å². The summed E-state index contributed by atoms with van der Waals surface area (Å²) in [7, 11) is 0. The maximum Gasteiger partial charge on any atom is -0.0260 e. The molecule has 64 valence electrons. The standard InChI is InChI=1S/C9H16.C2H4/c1-8(2)9-6-4-3-5-7-9;1-2/h6,8H,3-5,7H2,1-2H3;1-2H2. The van der Waals surface area contributed by atoms with Gasteiger partial charge in [-0.05, 0) is 31.6 Å². The van der Waals surface area contributed by atoms with E-state index in [4.69, 9.17) is 0 Å². The van der Waals surface area contributed by atoms with Crippen LogP contribution in [-0.2, 0) is 0 Å². The van der Waals surface area contributed by atoms with E-state index in [1.807, 2.05) is 0 Å². The summed E-state index contributed by atoms with van der Waals surface area (Å²) in [5.74, 6) is 0.797. The summed E-state index contributed by atoms with van der Waals surface area (Å²) < 4.78 is 0. The quantitative estimate of drug-likeness (QED) is 0.499. The van der Waals surface area contributed by atoms with Gasteiger partial charge in [0.15, 0.2) is 0 Å². The molecular weight excluding hydrogens is 132 g/mol. The molecule has 0 bridgehead atoms. The van der Waals surface area contributed by atoms with Gasteiger partial charge in [-0.2, -0.15) is 0 Å². The molecule has 0 aromatic carbocycles. The van der Waals surface area contributed by atoms with Gasteiger partial charge in [-0.3, -0.25) is 0 Å². The van der Waals surface area contributed by atoms with Crippen LogP contribution in [0, 0.1) is 5.92 Å². The summed E-state index contributed by atoms with van der Waals surface area (Å²) in [4.78, 5) is 0. The summed E-state index contributed by atoms with van der Waals surface area (Å²) >= 11 is 0. The van der Waals surface area contributed by atoms with Crippen molar-refractivity contribution in [3.8, 4) is 0 Å². The topological polar surface area (TPSA) is 0 Å². The van der Waals surface area contributed by atoms with Crippen LogP contribution in [0.5, 0.6) is 0 Å².